The van der Waals surface area contributed by atoms with Crippen LogP contribution in [0.5, 0.6) is 5.75 Å². The molecule has 1 aromatic rings. The lowest BCUT2D eigenvalue weighted by molar-refractivity contribution is -0.137. The smallest absolute Gasteiger partial charge is 0.314 e. The number of rotatable bonds is 9. The van der Waals surface area contributed by atoms with Gasteiger partial charge in [0.25, 0.3) is 0 Å². The van der Waals surface area contributed by atoms with Crippen LogP contribution in [0.4, 0.5) is 4.79 Å². The van der Waals surface area contributed by atoms with Crippen LogP contribution in [-0.4, -0.2) is 55.3 Å². The van der Waals surface area contributed by atoms with Crippen LogP contribution in [-0.2, 0) is 4.79 Å². The van der Waals surface area contributed by atoms with E-state index in [-0.39, 0.29) is 18.5 Å². The van der Waals surface area contributed by atoms with Crippen LogP contribution in [0.15, 0.2) is 24.3 Å². The van der Waals surface area contributed by atoms with Gasteiger partial charge in [0.05, 0.1) is 13.2 Å². The van der Waals surface area contributed by atoms with Gasteiger partial charge in [-0.3, -0.25) is 9.69 Å². The first-order chi connectivity index (χ1) is 12.6. The van der Waals surface area contributed by atoms with Crippen molar-refractivity contribution in [2.24, 2.45) is 0 Å². The summed E-state index contributed by atoms with van der Waals surface area (Å²) in [7, 11) is 1.65. The minimum absolute atomic E-state index is 0.0581. The molecule has 1 atom stereocenters. The fourth-order valence-corrected chi connectivity index (χ4v) is 3.21. The molecule has 3 N–H and O–H groups in total. The Balaban J connectivity index is 1.91. The second-order valence-electron chi connectivity index (χ2n) is 6.52. The normalized spacial score (nSPS) is 15.9. The van der Waals surface area contributed by atoms with Gasteiger partial charge in [0, 0.05) is 19.5 Å². The minimum atomic E-state index is -0.850. The summed E-state index contributed by atoms with van der Waals surface area (Å²) >= 11 is 0. The highest BCUT2D eigenvalue weighted by molar-refractivity contribution is 5.74. The Morgan fingerprint density at radius 1 is 1.15 bits per heavy atom. The van der Waals surface area contributed by atoms with Crippen LogP contribution < -0.4 is 15.4 Å². The molecule has 0 saturated carbocycles. The molecule has 2 amide bonds. The summed E-state index contributed by atoms with van der Waals surface area (Å²) in [6, 6.07) is 7.84. The molecular weight excluding hydrogens is 334 g/mol. The van der Waals surface area contributed by atoms with Crippen molar-refractivity contribution in [1.29, 1.82) is 0 Å². The molecule has 1 heterocycles. The summed E-state index contributed by atoms with van der Waals surface area (Å²) in [6.45, 7) is 2.92. The van der Waals surface area contributed by atoms with E-state index in [2.05, 4.69) is 15.5 Å². The summed E-state index contributed by atoms with van der Waals surface area (Å²) in [5, 5.41) is 14.3. The van der Waals surface area contributed by atoms with Gasteiger partial charge in [-0.1, -0.05) is 18.6 Å². The SMILES string of the molecule is COc1ccc(C(CNC(=O)NCCCC(=O)O)N2CCCCC2)cc1. The van der Waals surface area contributed by atoms with Gasteiger partial charge in [-0.25, -0.2) is 4.79 Å². The van der Waals surface area contributed by atoms with Gasteiger partial charge in [-0.15, -0.1) is 0 Å². The minimum Gasteiger partial charge on any atom is -0.497 e. The van der Waals surface area contributed by atoms with Crippen LogP contribution in [0.25, 0.3) is 0 Å². The van der Waals surface area contributed by atoms with E-state index in [9.17, 15) is 9.59 Å². The van der Waals surface area contributed by atoms with E-state index in [0.29, 0.717) is 19.5 Å². The number of nitrogens with one attached hydrogen (secondary N) is 2. The number of carbonyl (C=O) groups is 2. The Bertz CT molecular complexity index is 571. The molecule has 7 heteroatoms. The number of hydrogen-bond acceptors (Lipinski definition) is 4. The molecule has 26 heavy (non-hydrogen) atoms. The lowest BCUT2D eigenvalue weighted by atomic mass is 10.0. The fraction of sp³-hybridized carbons (Fsp3) is 0.579. The van der Waals surface area contributed by atoms with Crippen LogP contribution in [0.3, 0.4) is 0 Å². The largest absolute Gasteiger partial charge is 0.497 e. The molecule has 0 aliphatic carbocycles. The topological polar surface area (TPSA) is 90.9 Å². The van der Waals surface area contributed by atoms with Gasteiger partial charge < -0.3 is 20.5 Å². The number of nitrogens with zero attached hydrogens (tertiary/aromatic N) is 1. The highest BCUT2D eigenvalue weighted by Crippen LogP contribution is 2.25. The van der Waals surface area contributed by atoms with E-state index in [1.165, 1.54) is 19.3 Å². The van der Waals surface area contributed by atoms with Crippen molar-refractivity contribution in [3.8, 4) is 5.75 Å². The number of piperidine rings is 1. The zero-order chi connectivity index (χ0) is 18.8. The Kier molecular flexibility index (Phi) is 8.21. The van der Waals surface area contributed by atoms with E-state index >= 15 is 0 Å². The maximum Gasteiger partial charge on any atom is 0.314 e. The zero-order valence-corrected chi connectivity index (χ0v) is 15.4. The predicted octanol–water partition coefficient (Wildman–Crippen LogP) is 2.39. The van der Waals surface area contributed by atoms with Gasteiger partial charge in [-0.2, -0.15) is 0 Å². The maximum absolute atomic E-state index is 12.0. The molecule has 0 spiro atoms. The number of benzene rings is 1. The number of urea groups is 1. The number of methoxy groups -OCH3 is 1. The molecule has 2 rings (SSSR count). The van der Waals surface area contributed by atoms with Crippen LogP contribution in [0.1, 0.15) is 43.7 Å². The number of carbonyl (C=O) groups excluding carboxylic acids is 1. The summed E-state index contributed by atoms with van der Waals surface area (Å²) in [5.41, 5.74) is 1.15. The van der Waals surface area contributed by atoms with E-state index in [1.807, 2.05) is 24.3 Å². The van der Waals surface area contributed by atoms with Gasteiger partial charge >= 0.3 is 12.0 Å². The molecule has 0 bridgehead atoms. The van der Waals surface area contributed by atoms with Gasteiger partial charge in [0.2, 0.25) is 0 Å². The molecule has 1 aromatic carbocycles. The summed E-state index contributed by atoms with van der Waals surface area (Å²) in [4.78, 5) is 24.9. The number of hydrogen-bond donors (Lipinski definition) is 3. The average Bonchev–Trinajstić information content (AvgIpc) is 2.66. The van der Waals surface area contributed by atoms with Crippen LogP contribution in [0, 0.1) is 0 Å². The lowest BCUT2D eigenvalue weighted by Gasteiger charge is -2.35. The first kappa shape index (κ1) is 20.0. The molecule has 1 fully saturated rings. The average molecular weight is 363 g/mol. The quantitative estimate of drug-likeness (QED) is 0.586. The van der Waals surface area contributed by atoms with Gasteiger partial charge in [0.1, 0.15) is 5.75 Å². The standard InChI is InChI=1S/C19H29N3O4/c1-26-16-9-7-15(8-10-16)17(22-12-3-2-4-13-22)14-21-19(25)20-11-5-6-18(23)24/h7-10,17H,2-6,11-14H2,1H3,(H,23,24)(H2,20,21,25). The van der Waals surface area contributed by atoms with Crippen molar-refractivity contribution in [3.63, 3.8) is 0 Å². The molecule has 1 aliphatic rings. The molecule has 0 aromatic heterocycles. The molecule has 0 radical (unpaired) electrons. The number of carboxylic acid groups (broad SMARTS) is 1. The molecule has 1 aliphatic heterocycles. The van der Waals surface area contributed by atoms with E-state index in [0.717, 1.165) is 24.4 Å². The third kappa shape index (κ3) is 6.55. The number of carboxylic acids is 1. The fourth-order valence-electron chi connectivity index (χ4n) is 3.21. The van der Waals surface area contributed by atoms with E-state index in [1.54, 1.807) is 7.11 Å². The Hall–Kier alpha value is -2.28. The van der Waals surface area contributed by atoms with Crippen molar-refractivity contribution in [2.75, 3.05) is 33.3 Å². The summed E-state index contributed by atoms with van der Waals surface area (Å²) < 4.78 is 5.23. The van der Waals surface area contributed by atoms with Gasteiger partial charge in [-0.05, 0) is 50.0 Å². The second-order valence-corrected chi connectivity index (χ2v) is 6.52. The van der Waals surface area contributed by atoms with Gasteiger partial charge in [0.15, 0.2) is 0 Å². The highest BCUT2D eigenvalue weighted by Gasteiger charge is 2.22. The third-order valence-electron chi connectivity index (χ3n) is 4.64. The van der Waals surface area contributed by atoms with Crippen molar-refractivity contribution >= 4 is 12.0 Å². The third-order valence-corrected chi connectivity index (χ3v) is 4.64. The Morgan fingerprint density at radius 2 is 1.85 bits per heavy atom. The first-order valence-electron chi connectivity index (χ1n) is 9.21. The van der Waals surface area contributed by atoms with Crippen molar-refractivity contribution < 1.29 is 19.4 Å². The molecular formula is C19H29N3O4. The molecule has 7 nitrogen and oxygen atoms in total. The van der Waals surface area contributed by atoms with Crippen LogP contribution in [0.2, 0.25) is 0 Å². The van der Waals surface area contributed by atoms with E-state index in [4.69, 9.17) is 9.84 Å². The van der Waals surface area contributed by atoms with Crippen molar-refractivity contribution in [1.82, 2.24) is 15.5 Å². The Labute approximate surface area is 154 Å². The number of ether oxygens (including phenoxy) is 1. The highest BCUT2D eigenvalue weighted by atomic mass is 16.5. The Morgan fingerprint density at radius 3 is 2.46 bits per heavy atom. The lowest BCUT2D eigenvalue weighted by Crippen LogP contribution is -2.43. The number of likely N-dealkylation sites (tertiary alicyclic amines) is 1. The monoisotopic (exact) mass is 363 g/mol. The van der Waals surface area contributed by atoms with Crippen molar-refractivity contribution in [2.45, 2.75) is 38.1 Å². The molecule has 1 saturated heterocycles. The van der Waals surface area contributed by atoms with E-state index < -0.39 is 5.97 Å². The predicted molar refractivity (Wildman–Crippen MR) is 99.4 cm³/mol. The maximum atomic E-state index is 12.0. The van der Waals surface area contributed by atoms with Crippen LogP contribution >= 0.6 is 0 Å². The summed E-state index contributed by atoms with van der Waals surface area (Å²) in [6.07, 6.45) is 4.09. The zero-order valence-electron chi connectivity index (χ0n) is 15.4. The van der Waals surface area contributed by atoms with Crippen molar-refractivity contribution in [3.05, 3.63) is 29.8 Å². The molecule has 144 valence electrons. The summed E-state index contributed by atoms with van der Waals surface area (Å²) in [5.74, 6) is -0.0350. The first-order valence-corrected chi connectivity index (χ1v) is 9.21. The molecule has 1 unspecified atom stereocenters. The second kappa shape index (κ2) is 10.7. The number of amides is 2. The number of aliphatic carboxylic acids is 1.